The molecule has 0 saturated carbocycles. The van der Waals surface area contributed by atoms with E-state index in [0.717, 1.165) is 29.5 Å². The topological polar surface area (TPSA) is 0 Å². The monoisotopic (exact) mass is 388 g/mol. The van der Waals surface area contributed by atoms with Crippen LogP contribution in [0.25, 0.3) is 10.1 Å². The van der Waals surface area contributed by atoms with Crippen molar-refractivity contribution >= 4 is 59.9 Å². The summed E-state index contributed by atoms with van der Waals surface area (Å²) in [7, 11) is 0. The predicted octanol–water partition coefficient (Wildman–Crippen LogP) is 5.21. The summed E-state index contributed by atoms with van der Waals surface area (Å²) in [5.41, 5.74) is 0. The summed E-state index contributed by atoms with van der Waals surface area (Å²) in [6.07, 6.45) is -2.38. The fourth-order valence-corrected chi connectivity index (χ4v) is 3.17. The van der Waals surface area contributed by atoms with Gasteiger partial charge in [-0.2, -0.15) is 0 Å². The van der Waals surface area contributed by atoms with Gasteiger partial charge in [-0.15, -0.1) is 11.3 Å². The van der Waals surface area contributed by atoms with Crippen LogP contribution in [0.4, 0.5) is 8.78 Å². The highest BCUT2D eigenvalue weighted by molar-refractivity contribution is 14.1. The zero-order chi connectivity index (χ0) is 10.3. The van der Waals surface area contributed by atoms with Crippen LogP contribution in [0.1, 0.15) is 11.3 Å². The summed E-state index contributed by atoms with van der Waals surface area (Å²) in [5, 5.41) is 0.872. The Morgan fingerprint density at radius 3 is 2.71 bits per heavy atom. The molecular formula is C9H4BrF2IS. The van der Waals surface area contributed by atoms with E-state index in [4.69, 9.17) is 0 Å². The van der Waals surface area contributed by atoms with Crippen molar-refractivity contribution in [3.05, 3.63) is 31.1 Å². The van der Waals surface area contributed by atoms with Crippen molar-refractivity contribution in [2.24, 2.45) is 0 Å². The van der Waals surface area contributed by atoms with Gasteiger partial charge in [0.1, 0.15) is 0 Å². The van der Waals surface area contributed by atoms with Gasteiger partial charge >= 0.3 is 0 Å². The number of halogens is 4. The largest absolute Gasteiger partial charge is 0.272 e. The summed E-state index contributed by atoms with van der Waals surface area (Å²) in [6, 6.07) is 5.34. The van der Waals surface area contributed by atoms with Crippen LogP contribution < -0.4 is 0 Å². The van der Waals surface area contributed by atoms with Crippen LogP contribution in [0.15, 0.2) is 22.7 Å². The maximum absolute atomic E-state index is 12.4. The van der Waals surface area contributed by atoms with Crippen LogP contribution in [0.3, 0.4) is 0 Å². The van der Waals surface area contributed by atoms with Gasteiger partial charge in [0.15, 0.2) is 0 Å². The van der Waals surface area contributed by atoms with E-state index >= 15 is 0 Å². The molecule has 0 radical (unpaired) electrons. The Bertz CT molecular complexity index is 481. The standard InChI is InChI=1S/C9H4BrF2IS/c10-8-4-3-7(9(11)12)14-6(4)2-1-5(8)13/h1-3,9H. The lowest BCUT2D eigenvalue weighted by Gasteiger charge is -1.95. The van der Waals surface area contributed by atoms with Gasteiger partial charge in [0.2, 0.25) is 0 Å². The Morgan fingerprint density at radius 1 is 1.36 bits per heavy atom. The van der Waals surface area contributed by atoms with Crippen LogP contribution in [0.5, 0.6) is 0 Å². The van der Waals surface area contributed by atoms with E-state index in [1.54, 1.807) is 6.07 Å². The molecule has 0 aliphatic heterocycles. The minimum absolute atomic E-state index is 0.128. The van der Waals surface area contributed by atoms with E-state index in [-0.39, 0.29) is 4.88 Å². The minimum atomic E-state index is -2.38. The Kier molecular flexibility index (Phi) is 3.09. The highest BCUT2D eigenvalue weighted by Gasteiger charge is 2.13. The van der Waals surface area contributed by atoms with Crippen LogP contribution in [0, 0.1) is 3.57 Å². The SMILES string of the molecule is FC(F)c1cc2c(Br)c(I)ccc2s1. The number of benzene rings is 1. The highest BCUT2D eigenvalue weighted by atomic mass is 127. The molecule has 0 amide bonds. The minimum Gasteiger partial charge on any atom is -0.204 e. The Hall–Kier alpha value is 0.250. The van der Waals surface area contributed by atoms with Gasteiger partial charge in [-0.3, -0.25) is 0 Å². The molecule has 0 nitrogen and oxygen atoms in total. The first kappa shape index (κ1) is 10.8. The molecule has 0 atom stereocenters. The fourth-order valence-electron chi connectivity index (χ4n) is 1.18. The van der Waals surface area contributed by atoms with Crippen LogP contribution in [-0.4, -0.2) is 0 Å². The van der Waals surface area contributed by atoms with Crippen molar-refractivity contribution < 1.29 is 8.78 Å². The molecule has 14 heavy (non-hydrogen) atoms. The van der Waals surface area contributed by atoms with E-state index in [9.17, 15) is 8.78 Å². The summed E-state index contributed by atoms with van der Waals surface area (Å²) in [4.78, 5) is 0.128. The molecule has 74 valence electrons. The average Bonchev–Trinajstić information content (AvgIpc) is 2.56. The number of hydrogen-bond acceptors (Lipinski definition) is 1. The second kappa shape index (κ2) is 4.02. The number of thiophene rings is 1. The van der Waals surface area contributed by atoms with E-state index < -0.39 is 6.43 Å². The van der Waals surface area contributed by atoms with Crippen molar-refractivity contribution in [2.45, 2.75) is 6.43 Å². The summed E-state index contributed by atoms with van der Waals surface area (Å²) < 4.78 is 27.7. The third kappa shape index (κ3) is 1.81. The van der Waals surface area contributed by atoms with Gasteiger partial charge in [0, 0.05) is 18.1 Å². The molecule has 0 unspecified atom stereocenters. The zero-order valence-corrected chi connectivity index (χ0v) is 11.3. The molecule has 0 bridgehead atoms. The molecule has 2 rings (SSSR count). The fraction of sp³-hybridized carbons (Fsp3) is 0.111. The quantitative estimate of drug-likeness (QED) is 0.588. The van der Waals surface area contributed by atoms with Crippen LogP contribution in [0.2, 0.25) is 0 Å². The molecule has 0 fully saturated rings. The molecule has 5 heteroatoms. The van der Waals surface area contributed by atoms with Crippen molar-refractivity contribution in [3.63, 3.8) is 0 Å². The molecule has 1 aromatic heterocycles. The third-order valence-electron chi connectivity index (χ3n) is 1.82. The second-order valence-electron chi connectivity index (χ2n) is 2.72. The first-order valence-corrected chi connectivity index (χ1v) is 6.44. The Balaban J connectivity index is 2.71. The summed E-state index contributed by atoms with van der Waals surface area (Å²) >= 11 is 6.71. The molecule has 1 heterocycles. The van der Waals surface area contributed by atoms with Gasteiger partial charge in [-0.25, -0.2) is 8.78 Å². The van der Waals surface area contributed by atoms with Gasteiger partial charge in [0.25, 0.3) is 6.43 Å². The Morgan fingerprint density at radius 2 is 2.07 bits per heavy atom. The molecule has 0 aliphatic rings. The number of hydrogen-bond donors (Lipinski definition) is 0. The van der Waals surface area contributed by atoms with Crippen molar-refractivity contribution in [3.8, 4) is 0 Å². The van der Waals surface area contributed by atoms with E-state index in [0.29, 0.717) is 0 Å². The molecule has 0 aliphatic carbocycles. The van der Waals surface area contributed by atoms with Crippen molar-refractivity contribution in [1.29, 1.82) is 0 Å². The van der Waals surface area contributed by atoms with Gasteiger partial charge in [-0.1, -0.05) is 0 Å². The van der Waals surface area contributed by atoms with E-state index in [1.165, 1.54) is 0 Å². The number of alkyl halides is 2. The van der Waals surface area contributed by atoms with Crippen LogP contribution >= 0.6 is 49.9 Å². The average molecular weight is 389 g/mol. The van der Waals surface area contributed by atoms with Crippen LogP contribution in [-0.2, 0) is 0 Å². The summed E-state index contributed by atoms with van der Waals surface area (Å²) in [6.45, 7) is 0. The normalized spacial score (nSPS) is 11.5. The van der Waals surface area contributed by atoms with E-state index in [2.05, 4.69) is 38.5 Å². The molecular weight excluding hydrogens is 385 g/mol. The summed E-state index contributed by atoms with van der Waals surface area (Å²) in [5.74, 6) is 0. The lowest BCUT2D eigenvalue weighted by Crippen LogP contribution is -1.74. The number of fused-ring (bicyclic) bond motifs is 1. The second-order valence-corrected chi connectivity index (χ2v) is 5.79. The molecule has 0 N–H and O–H groups in total. The molecule has 0 saturated heterocycles. The first-order valence-electron chi connectivity index (χ1n) is 3.75. The smallest absolute Gasteiger partial charge is 0.204 e. The van der Waals surface area contributed by atoms with Gasteiger partial charge in [-0.05, 0) is 56.7 Å². The molecule has 0 spiro atoms. The molecule has 1 aromatic carbocycles. The number of rotatable bonds is 1. The zero-order valence-electron chi connectivity index (χ0n) is 6.73. The maximum Gasteiger partial charge on any atom is 0.272 e. The lowest BCUT2D eigenvalue weighted by molar-refractivity contribution is 0.156. The van der Waals surface area contributed by atoms with Gasteiger partial charge in [0.05, 0.1) is 4.88 Å². The van der Waals surface area contributed by atoms with E-state index in [1.807, 2.05) is 12.1 Å². The van der Waals surface area contributed by atoms with Crippen molar-refractivity contribution in [1.82, 2.24) is 0 Å². The Labute approximate surface area is 106 Å². The maximum atomic E-state index is 12.4. The highest BCUT2D eigenvalue weighted by Crippen LogP contribution is 2.37. The first-order chi connectivity index (χ1) is 6.59. The van der Waals surface area contributed by atoms with Gasteiger partial charge < -0.3 is 0 Å². The third-order valence-corrected chi connectivity index (χ3v) is 5.42. The lowest BCUT2D eigenvalue weighted by atomic mass is 10.2. The van der Waals surface area contributed by atoms with Crippen molar-refractivity contribution in [2.75, 3.05) is 0 Å². The predicted molar refractivity (Wildman–Crippen MR) is 67.2 cm³/mol. The molecule has 2 aromatic rings.